The van der Waals surface area contributed by atoms with E-state index in [4.69, 9.17) is 4.74 Å². The Bertz CT molecular complexity index is 509. The smallest absolute Gasteiger partial charge is 0.224 e. The van der Waals surface area contributed by atoms with E-state index in [1.807, 2.05) is 4.90 Å². The molecule has 1 amide bonds. The van der Waals surface area contributed by atoms with E-state index in [-0.39, 0.29) is 24.4 Å². The van der Waals surface area contributed by atoms with Crippen molar-refractivity contribution in [3.63, 3.8) is 0 Å². The summed E-state index contributed by atoms with van der Waals surface area (Å²) in [4.78, 5) is 14.4. The molecule has 0 saturated carbocycles. The highest BCUT2D eigenvalue weighted by atomic mass is 35.5. The molecule has 2 saturated heterocycles. The van der Waals surface area contributed by atoms with Crippen LogP contribution >= 0.6 is 12.4 Å². The summed E-state index contributed by atoms with van der Waals surface area (Å²) in [6.45, 7) is 6.21. The molecule has 23 heavy (non-hydrogen) atoms. The molecule has 1 N–H and O–H groups in total. The van der Waals surface area contributed by atoms with Gasteiger partial charge in [0.1, 0.15) is 0 Å². The van der Waals surface area contributed by atoms with Gasteiger partial charge in [-0.05, 0) is 36.8 Å². The van der Waals surface area contributed by atoms with Gasteiger partial charge in [0.05, 0.1) is 13.2 Å². The highest BCUT2D eigenvalue weighted by Crippen LogP contribution is 2.30. The first-order chi connectivity index (χ1) is 10.7. The van der Waals surface area contributed by atoms with E-state index in [0.717, 1.165) is 39.1 Å². The number of ether oxygens (including phenoxy) is 1. The fourth-order valence-corrected chi connectivity index (χ4v) is 3.58. The Morgan fingerprint density at radius 2 is 2.04 bits per heavy atom. The summed E-state index contributed by atoms with van der Waals surface area (Å²) in [5, 5.41) is 3.36. The first-order valence-electron chi connectivity index (χ1n) is 8.38. The Morgan fingerprint density at radius 3 is 2.70 bits per heavy atom. The topological polar surface area (TPSA) is 41.6 Å². The number of nitrogens with zero attached hydrogens (tertiary/aromatic N) is 1. The maximum absolute atomic E-state index is 12.4. The lowest BCUT2D eigenvalue weighted by molar-refractivity contribution is -0.133. The minimum atomic E-state index is 0. The standard InChI is InChI=1S/C18H26N2O2.ClH/c1-14-4-2-3-5-17(14)15-6-9-20(10-7-15)18(21)12-16-13-22-11-8-19-16;/h2-5,15-16,19H,6-13H2,1H3;1H. The summed E-state index contributed by atoms with van der Waals surface area (Å²) >= 11 is 0. The third-order valence-electron chi connectivity index (χ3n) is 4.90. The molecule has 1 unspecified atom stereocenters. The Balaban J connectivity index is 0.00000192. The quantitative estimate of drug-likeness (QED) is 0.920. The molecule has 2 fully saturated rings. The fourth-order valence-electron chi connectivity index (χ4n) is 3.58. The molecular formula is C18H27ClN2O2. The van der Waals surface area contributed by atoms with Crippen molar-refractivity contribution in [2.24, 2.45) is 0 Å². The Hall–Kier alpha value is -1.10. The van der Waals surface area contributed by atoms with Gasteiger partial charge in [0.25, 0.3) is 0 Å². The lowest BCUT2D eigenvalue weighted by Crippen LogP contribution is -2.46. The molecule has 3 rings (SSSR count). The summed E-state index contributed by atoms with van der Waals surface area (Å²) < 4.78 is 5.43. The number of halogens is 1. The Labute approximate surface area is 145 Å². The van der Waals surface area contributed by atoms with Crippen molar-refractivity contribution >= 4 is 18.3 Å². The number of carbonyl (C=O) groups excluding carboxylic acids is 1. The second-order valence-electron chi connectivity index (χ2n) is 6.44. The van der Waals surface area contributed by atoms with Gasteiger partial charge >= 0.3 is 0 Å². The van der Waals surface area contributed by atoms with Gasteiger partial charge in [0, 0.05) is 32.1 Å². The van der Waals surface area contributed by atoms with Gasteiger partial charge in [-0.2, -0.15) is 0 Å². The van der Waals surface area contributed by atoms with Crippen LogP contribution in [0.25, 0.3) is 0 Å². The molecule has 4 nitrogen and oxygen atoms in total. The molecule has 0 spiro atoms. The molecule has 128 valence electrons. The fraction of sp³-hybridized carbons (Fsp3) is 0.611. The van der Waals surface area contributed by atoms with Crippen molar-refractivity contribution in [3.05, 3.63) is 35.4 Å². The summed E-state index contributed by atoms with van der Waals surface area (Å²) in [7, 11) is 0. The molecule has 0 radical (unpaired) electrons. The number of aryl methyl sites for hydroxylation is 1. The number of hydrogen-bond donors (Lipinski definition) is 1. The predicted molar refractivity (Wildman–Crippen MR) is 94.2 cm³/mol. The molecule has 1 aromatic rings. The van der Waals surface area contributed by atoms with Crippen LogP contribution in [-0.2, 0) is 9.53 Å². The van der Waals surface area contributed by atoms with Crippen molar-refractivity contribution in [2.75, 3.05) is 32.8 Å². The van der Waals surface area contributed by atoms with Crippen LogP contribution in [0, 0.1) is 6.92 Å². The number of morpholine rings is 1. The van der Waals surface area contributed by atoms with Crippen LogP contribution in [0.2, 0.25) is 0 Å². The van der Waals surface area contributed by atoms with Crippen LogP contribution < -0.4 is 5.32 Å². The van der Waals surface area contributed by atoms with Gasteiger partial charge in [0.2, 0.25) is 5.91 Å². The normalized spacial score (nSPS) is 22.5. The Kier molecular flexibility index (Phi) is 6.88. The summed E-state index contributed by atoms with van der Waals surface area (Å²) in [6, 6.07) is 8.82. The molecule has 0 aliphatic carbocycles. The van der Waals surface area contributed by atoms with Crippen LogP contribution in [0.3, 0.4) is 0 Å². The number of hydrogen-bond acceptors (Lipinski definition) is 3. The second-order valence-corrected chi connectivity index (χ2v) is 6.44. The number of benzene rings is 1. The van der Waals surface area contributed by atoms with Crippen LogP contribution in [0.5, 0.6) is 0 Å². The maximum Gasteiger partial charge on any atom is 0.224 e. The zero-order valence-corrected chi connectivity index (χ0v) is 14.6. The number of piperidine rings is 1. The highest BCUT2D eigenvalue weighted by molar-refractivity contribution is 5.85. The number of likely N-dealkylation sites (tertiary alicyclic amines) is 1. The monoisotopic (exact) mass is 338 g/mol. The van der Waals surface area contributed by atoms with Crippen LogP contribution in [0.15, 0.2) is 24.3 Å². The van der Waals surface area contributed by atoms with E-state index in [1.165, 1.54) is 11.1 Å². The molecule has 0 bridgehead atoms. The van der Waals surface area contributed by atoms with E-state index in [2.05, 4.69) is 36.5 Å². The van der Waals surface area contributed by atoms with Gasteiger partial charge < -0.3 is 15.0 Å². The van der Waals surface area contributed by atoms with Crippen LogP contribution in [0.4, 0.5) is 0 Å². The molecule has 5 heteroatoms. The average Bonchev–Trinajstić information content (AvgIpc) is 2.56. The minimum Gasteiger partial charge on any atom is -0.378 e. The van der Waals surface area contributed by atoms with Crippen molar-refractivity contribution in [3.8, 4) is 0 Å². The number of amides is 1. The first-order valence-corrected chi connectivity index (χ1v) is 8.38. The van der Waals surface area contributed by atoms with Crippen molar-refractivity contribution in [1.82, 2.24) is 10.2 Å². The molecular weight excluding hydrogens is 312 g/mol. The second kappa shape index (κ2) is 8.67. The van der Waals surface area contributed by atoms with Crippen molar-refractivity contribution in [1.29, 1.82) is 0 Å². The molecule has 0 aromatic heterocycles. The molecule has 2 aliphatic rings. The van der Waals surface area contributed by atoms with Gasteiger partial charge in [-0.25, -0.2) is 0 Å². The molecule has 1 aromatic carbocycles. The maximum atomic E-state index is 12.4. The van der Waals surface area contributed by atoms with E-state index in [0.29, 0.717) is 18.9 Å². The van der Waals surface area contributed by atoms with Gasteiger partial charge in [-0.1, -0.05) is 24.3 Å². The Morgan fingerprint density at radius 1 is 1.30 bits per heavy atom. The third-order valence-corrected chi connectivity index (χ3v) is 4.90. The van der Waals surface area contributed by atoms with Crippen LogP contribution in [-0.4, -0.2) is 49.7 Å². The third kappa shape index (κ3) is 4.69. The zero-order valence-electron chi connectivity index (χ0n) is 13.8. The number of nitrogens with one attached hydrogen (secondary N) is 1. The number of carbonyl (C=O) groups is 1. The van der Waals surface area contributed by atoms with Gasteiger partial charge in [0.15, 0.2) is 0 Å². The van der Waals surface area contributed by atoms with E-state index < -0.39 is 0 Å². The summed E-state index contributed by atoms with van der Waals surface area (Å²) in [5.41, 5.74) is 2.83. The highest BCUT2D eigenvalue weighted by Gasteiger charge is 2.26. The predicted octanol–water partition coefficient (Wildman–Crippen LogP) is 2.50. The summed E-state index contributed by atoms with van der Waals surface area (Å²) in [5.74, 6) is 0.868. The lowest BCUT2D eigenvalue weighted by Gasteiger charge is -2.34. The number of rotatable bonds is 3. The van der Waals surface area contributed by atoms with Gasteiger partial charge in [-0.3, -0.25) is 4.79 Å². The zero-order chi connectivity index (χ0) is 15.4. The van der Waals surface area contributed by atoms with Gasteiger partial charge in [-0.15, -0.1) is 12.4 Å². The van der Waals surface area contributed by atoms with E-state index >= 15 is 0 Å². The van der Waals surface area contributed by atoms with E-state index in [1.54, 1.807) is 0 Å². The van der Waals surface area contributed by atoms with E-state index in [9.17, 15) is 4.79 Å². The largest absolute Gasteiger partial charge is 0.378 e. The summed E-state index contributed by atoms with van der Waals surface area (Å²) in [6.07, 6.45) is 2.71. The SMILES string of the molecule is Cc1ccccc1C1CCN(C(=O)CC2COCCN2)CC1.Cl. The molecule has 2 aliphatic heterocycles. The lowest BCUT2D eigenvalue weighted by atomic mass is 9.87. The minimum absolute atomic E-state index is 0. The average molecular weight is 339 g/mol. The van der Waals surface area contributed by atoms with Crippen LogP contribution in [0.1, 0.15) is 36.3 Å². The molecule has 2 heterocycles. The van der Waals surface area contributed by atoms with Crippen molar-refractivity contribution in [2.45, 2.75) is 38.1 Å². The molecule has 1 atom stereocenters. The first kappa shape index (κ1) is 18.2. The van der Waals surface area contributed by atoms with Crippen molar-refractivity contribution < 1.29 is 9.53 Å².